The van der Waals surface area contributed by atoms with Crippen molar-refractivity contribution >= 4 is 17.8 Å². The number of aliphatic hydroxyl groups excluding tert-OH is 1. The fourth-order valence-electron chi connectivity index (χ4n) is 8.20. The molecule has 4 saturated heterocycles. The molecule has 4 heterocycles. The van der Waals surface area contributed by atoms with Gasteiger partial charge in [0.05, 0.1) is 47.6 Å². The number of amides is 2. The van der Waals surface area contributed by atoms with Crippen molar-refractivity contribution in [1.82, 2.24) is 15.1 Å². The van der Waals surface area contributed by atoms with E-state index in [0.717, 1.165) is 0 Å². The minimum absolute atomic E-state index is 0.0218. The van der Waals surface area contributed by atoms with Crippen LogP contribution in [0.3, 0.4) is 0 Å². The zero-order valence-electron chi connectivity index (χ0n) is 32.3. The van der Waals surface area contributed by atoms with Crippen molar-refractivity contribution < 1.29 is 48.2 Å². The maximum absolute atomic E-state index is 13.7. The summed E-state index contributed by atoms with van der Waals surface area (Å²) < 4.78 is 38.4. The number of methoxy groups -OCH3 is 1. The van der Waals surface area contributed by atoms with Crippen molar-refractivity contribution in [1.29, 1.82) is 0 Å². The summed E-state index contributed by atoms with van der Waals surface area (Å²) in [4.78, 5) is 35.1. The average Bonchev–Trinajstić information content (AvgIpc) is 3.33. The van der Waals surface area contributed by atoms with Gasteiger partial charge in [-0.3, -0.25) is 9.59 Å². The Morgan fingerprint density at radius 3 is 2.36 bits per heavy atom. The number of hydrogen-bond acceptors (Lipinski definition) is 11. The largest absolute Gasteiger partial charge is 0.454 e. The Morgan fingerprint density at radius 2 is 1.72 bits per heavy atom. The van der Waals surface area contributed by atoms with Gasteiger partial charge < -0.3 is 53.8 Å². The van der Waals surface area contributed by atoms with Crippen molar-refractivity contribution in [3.63, 3.8) is 0 Å². The summed E-state index contributed by atoms with van der Waals surface area (Å²) in [5, 5.41) is 26.3. The number of aliphatic imine (C=N–C) groups is 1. The topological polar surface area (TPSA) is 161 Å². The van der Waals surface area contributed by atoms with E-state index in [2.05, 4.69) is 10.3 Å². The first-order valence-electron chi connectivity index (χ1n) is 18.3. The molecule has 0 radical (unpaired) electrons. The molecule has 14 atom stereocenters. The highest BCUT2D eigenvalue weighted by Gasteiger charge is 2.53. The molecule has 0 aromatic rings. The highest BCUT2D eigenvalue weighted by atomic mass is 16.7. The number of carbonyl (C=O) groups is 2. The molecular weight excluding hydrogens is 648 g/mol. The van der Waals surface area contributed by atoms with E-state index >= 15 is 0 Å². The lowest BCUT2D eigenvalue weighted by Gasteiger charge is -2.48. The van der Waals surface area contributed by atoms with Crippen LogP contribution in [0, 0.1) is 17.8 Å². The zero-order valence-corrected chi connectivity index (χ0v) is 32.3. The molecular formula is C36H64N4O10. The van der Waals surface area contributed by atoms with Crippen LogP contribution in [-0.4, -0.2) is 145 Å². The second-order valence-corrected chi connectivity index (χ2v) is 16.0. The van der Waals surface area contributed by atoms with E-state index in [1.807, 2.05) is 46.6 Å². The van der Waals surface area contributed by atoms with E-state index in [4.69, 9.17) is 28.4 Å². The summed E-state index contributed by atoms with van der Waals surface area (Å²) >= 11 is 0. The van der Waals surface area contributed by atoms with E-state index < -0.39 is 66.1 Å². The third kappa shape index (κ3) is 9.10. The lowest BCUT2D eigenvalue weighted by molar-refractivity contribution is -0.313. The van der Waals surface area contributed by atoms with Gasteiger partial charge in [-0.05, 0) is 60.3 Å². The van der Waals surface area contributed by atoms with Crippen LogP contribution in [0.4, 0.5) is 0 Å². The standard InChI is InChI=1S/C36H64N4O10/c1-19(2)38-34-40(11)25-15-21(4)46-33(29(25)49-34)50-31-22(5)28(48-27-17-36(9,45-12)30(42)24(7)47-27)23(6)32(43)37-14-13-26(41)39(10)18-20(3)16-35(31,8)44/h19-25,27-31,33,42,44H,13-18H2,1-12H3,(H,37,43)/b38-34-/t20-,21-,22+,23-,24+,25+,27+,28+,29-,30+,31-,33+,35-,36-/m1/s1. The predicted octanol–water partition coefficient (Wildman–Crippen LogP) is 2.28. The molecule has 14 heteroatoms. The summed E-state index contributed by atoms with van der Waals surface area (Å²) in [6.45, 7) is 17.5. The number of amidine groups is 1. The van der Waals surface area contributed by atoms with Gasteiger partial charge in [-0.1, -0.05) is 20.8 Å². The summed E-state index contributed by atoms with van der Waals surface area (Å²) in [6.07, 6.45) is -4.31. The Balaban J connectivity index is 1.75. The molecule has 0 saturated carbocycles. The Bertz CT molecular complexity index is 1200. The first-order valence-corrected chi connectivity index (χ1v) is 18.3. The molecule has 4 rings (SSSR count). The third-order valence-corrected chi connectivity index (χ3v) is 11.0. The lowest BCUT2D eigenvalue weighted by Crippen LogP contribution is -2.60. The highest BCUT2D eigenvalue weighted by molar-refractivity contribution is 5.80. The Morgan fingerprint density at radius 1 is 1.04 bits per heavy atom. The van der Waals surface area contributed by atoms with Gasteiger partial charge in [0.1, 0.15) is 6.10 Å². The summed E-state index contributed by atoms with van der Waals surface area (Å²) in [5.74, 6) is -1.86. The molecule has 14 nitrogen and oxygen atoms in total. The summed E-state index contributed by atoms with van der Waals surface area (Å²) in [7, 11) is 5.24. The Kier molecular flexibility index (Phi) is 13.3. The quantitative estimate of drug-likeness (QED) is 0.371. The van der Waals surface area contributed by atoms with Crippen molar-refractivity contribution in [3.05, 3.63) is 0 Å². The fraction of sp³-hybridized carbons (Fsp3) is 0.917. The Hall–Kier alpha value is -2.07. The number of rotatable bonds is 6. The molecule has 4 fully saturated rings. The first-order chi connectivity index (χ1) is 23.3. The molecule has 0 aliphatic carbocycles. The molecule has 3 N–H and O–H groups in total. The van der Waals surface area contributed by atoms with E-state index in [1.165, 1.54) is 7.11 Å². The molecule has 0 spiro atoms. The number of likely N-dealkylation sites (N-methyl/N-ethyl adjacent to an activating group) is 1. The van der Waals surface area contributed by atoms with Gasteiger partial charge in [0.2, 0.25) is 11.8 Å². The first kappa shape index (κ1) is 40.7. The number of fused-ring (bicyclic) bond motifs is 1. The second kappa shape index (κ2) is 16.3. The van der Waals surface area contributed by atoms with Crippen molar-refractivity contribution in [2.45, 2.75) is 160 Å². The van der Waals surface area contributed by atoms with Crippen LogP contribution < -0.4 is 5.32 Å². The smallest absolute Gasteiger partial charge is 0.288 e. The number of hydrogen-bond donors (Lipinski definition) is 3. The van der Waals surface area contributed by atoms with Crippen molar-refractivity contribution in [3.8, 4) is 0 Å². The van der Waals surface area contributed by atoms with Gasteiger partial charge in [0.15, 0.2) is 18.7 Å². The van der Waals surface area contributed by atoms with Crippen molar-refractivity contribution in [2.75, 3.05) is 34.3 Å². The molecule has 4 aliphatic heterocycles. The molecule has 4 aliphatic rings. The normalized spacial score (nSPS) is 44.9. The minimum Gasteiger partial charge on any atom is -0.454 e. The predicted molar refractivity (Wildman–Crippen MR) is 186 cm³/mol. The van der Waals surface area contributed by atoms with E-state index in [1.54, 1.807) is 39.6 Å². The Labute approximate surface area is 298 Å². The van der Waals surface area contributed by atoms with Crippen LogP contribution >= 0.6 is 0 Å². The highest BCUT2D eigenvalue weighted by Crippen LogP contribution is 2.40. The number of nitrogens with one attached hydrogen (secondary N) is 1. The summed E-state index contributed by atoms with van der Waals surface area (Å²) in [6, 6.07) is 0.478. The molecule has 288 valence electrons. The van der Waals surface area contributed by atoms with Gasteiger partial charge in [0, 0.05) is 59.1 Å². The van der Waals surface area contributed by atoms with Crippen LogP contribution in [0.25, 0.3) is 0 Å². The van der Waals surface area contributed by atoms with E-state index in [0.29, 0.717) is 19.0 Å². The van der Waals surface area contributed by atoms with Gasteiger partial charge >= 0.3 is 0 Å². The van der Waals surface area contributed by atoms with Crippen LogP contribution in [0.1, 0.15) is 88.0 Å². The van der Waals surface area contributed by atoms with E-state index in [-0.39, 0.29) is 61.7 Å². The maximum atomic E-state index is 13.7. The van der Waals surface area contributed by atoms with Gasteiger partial charge in [-0.15, -0.1) is 0 Å². The van der Waals surface area contributed by atoms with Crippen molar-refractivity contribution in [2.24, 2.45) is 22.7 Å². The molecule has 2 amide bonds. The molecule has 0 bridgehead atoms. The van der Waals surface area contributed by atoms with Gasteiger partial charge in [-0.25, -0.2) is 4.99 Å². The minimum atomic E-state index is -1.47. The SMILES string of the molecule is CO[C@]1(C)C[C@H](O[C@H]2[C@H](C)[C@@H](O[C@@H]3O[C@H](C)C[C@H]4[C@H]3O/C(=N\C(C)C)N4C)[C@](C)(O)C[C@@H](C)CN(C)C(=O)CCNC(=O)[C@@H]2C)O[C@@H](C)[C@@H]1O. The number of nitrogens with zero attached hydrogens (tertiary/aromatic N) is 3. The zero-order chi connectivity index (χ0) is 37.3. The monoisotopic (exact) mass is 712 g/mol. The summed E-state index contributed by atoms with van der Waals surface area (Å²) in [5.41, 5.74) is -2.43. The number of aliphatic hydroxyl groups is 2. The molecule has 50 heavy (non-hydrogen) atoms. The van der Waals surface area contributed by atoms with Crippen LogP contribution in [0.2, 0.25) is 0 Å². The molecule has 0 aromatic carbocycles. The number of carbonyl (C=O) groups excluding carboxylic acids is 2. The van der Waals surface area contributed by atoms with E-state index in [9.17, 15) is 19.8 Å². The maximum Gasteiger partial charge on any atom is 0.288 e. The van der Waals surface area contributed by atoms with Crippen LogP contribution in [-0.2, 0) is 38.0 Å². The third-order valence-electron chi connectivity index (χ3n) is 11.0. The second-order valence-electron chi connectivity index (χ2n) is 16.0. The van der Waals surface area contributed by atoms with Crippen LogP contribution in [0.5, 0.6) is 0 Å². The van der Waals surface area contributed by atoms with Crippen LogP contribution in [0.15, 0.2) is 4.99 Å². The molecule has 0 unspecified atom stereocenters. The van der Waals surface area contributed by atoms with Gasteiger partial charge in [-0.2, -0.15) is 0 Å². The average molecular weight is 713 g/mol. The lowest BCUT2D eigenvalue weighted by atomic mass is 9.77. The fourth-order valence-corrected chi connectivity index (χ4v) is 8.20. The molecule has 0 aromatic heterocycles. The van der Waals surface area contributed by atoms with Gasteiger partial charge in [0.25, 0.3) is 6.02 Å². The number of ether oxygens (including phenoxy) is 6.